The summed E-state index contributed by atoms with van der Waals surface area (Å²) in [4.78, 5) is 25.4. The number of rotatable bonds is 47. The Balaban J connectivity index is 4.46. The lowest BCUT2D eigenvalue weighted by molar-refractivity contribution is -0.162. The van der Waals surface area contributed by atoms with Gasteiger partial charge in [-0.1, -0.05) is 217 Å². The topological polar surface area (TPSA) is 61.8 Å². The zero-order chi connectivity index (χ0) is 49.2. The third kappa shape index (κ3) is 54.1. The first kappa shape index (κ1) is 63.5. The van der Waals surface area contributed by atoms with Gasteiger partial charge in [-0.2, -0.15) is 0 Å². The van der Waals surface area contributed by atoms with Crippen molar-refractivity contribution in [1.82, 2.24) is 0 Å². The summed E-state index contributed by atoms with van der Waals surface area (Å²) in [5.74, 6) is -0.548. The van der Waals surface area contributed by atoms with E-state index in [1.54, 1.807) is 0 Å². The van der Waals surface area contributed by atoms with Gasteiger partial charge in [0.25, 0.3) is 0 Å². The van der Waals surface area contributed by atoms with Crippen molar-refractivity contribution in [2.75, 3.05) is 19.8 Å². The number of hydrogen-bond acceptors (Lipinski definition) is 5. The van der Waals surface area contributed by atoms with Gasteiger partial charge in [0.15, 0.2) is 6.10 Å². The van der Waals surface area contributed by atoms with Gasteiger partial charge in [0.1, 0.15) is 6.61 Å². The predicted octanol–water partition coefficient (Wildman–Crippen LogP) is 18.7. The van der Waals surface area contributed by atoms with Crippen LogP contribution in [0.4, 0.5) is 0 Å². The molecule has 0 amide bonds. The van der Waals surface area contributed by atoms with Crippen molar-refractivity contribution in [3.8, 4) is 0 Å². The van der Waals surface area contributed by atoms with E-state index in [0.717, 1.165) is 128 Å². The Hall–Kier alpha value is -4.48. The number of ether oxygens (including phenoxy) is 3. The highest BCUT2D eigenvalue weighted by atomic mass is 16.6. The second-order valence-corrected chi connectivity index (χ2v) is 17.0. The van der Waals surface area contributed by atoms with Crippen LogP contribution < -0.4 is 0 Å². The molecule has 0 bridgehead atoms. The van der Waals surface area contributed by atoms with E-state index in [1.807, 2.05) is 6.08 Å². The van der Waals surface area contributed by atoms with Crippen LogP contribution >= 0.6 is 0 Å². The maximum Gasteiger partial charge on any atom is 0.306 e. The van der Waals surface area contributed by atoms with E-state index in [4.69, 9.17) is 14.2 Å². The summed E-state index contributed by atoms with van der Waals surface area (Å²) in [6, 6.07) is 0. The summed E-state index contributed by atoms with van der Waals surface area (Å²) < 4.78 is 17.3. The molecule has 68 heavy (non-hydrogen) atoms. The van der Waals surface area contributed by atoms with Crippen LogP contribution in [0, 0.1) is 0 Å². The second-order valence-electron chi connectivity index (χ2n) is 17.0. The summed E-state index contributed by atoms with van der Waals surface area (Å²) in [5.41, 5.74) is 0. The number of unbranched alkanes of at least 4 members (excludes halogenated alkanes) is 10. The van der Waals surface area contributed by atoms with Crippen molar-refractivity contribution in [3.05, 3.63) is 158 Å². The maximum atomic E-state index is 12.8. The minimum absolute atomic E-state index is 0.0172. The molecule has 0 aromatic carbocycles. The lowest BCUT2D eigenvalue weighted by Gasteiger charge is -2.18. The number of carbonyl (C=O) groups is 2. The van der Waals surface area contributed by atoms with Crippen LogP contribution in [0.15, 0.2) is 158 Å². The van der Waals surface area contributed by atoms with Crippen LogP contribution in [0.25, 0.3) is 0 Å². The molecular formula is C63H98O5. The van der Waals surface area contributed by atoms with Gasteiger partial charge < -0.3 is 14.2 Å². The zero-order valence-corrected chi connectivity index (χ0v) is 43.6. The number of carbonyl (C=O) groups excluding carboxylic acids is 2. The number of allylic oxidation sites excluding steroid dienone is 26. The van der Waals surface area contributed by atoms with E-state index < -0.39 is 6.10 Å². The average molecular weight is 935 g/mol. The van der Waals surface area contributed by atoms with Crippen LogP contribution in [0.5, 0.6) is 0 Å². The number of esters is 2. The van der Waals surface area contributed by atoms with Crippen molar-refractivity contribution in [1.29, 1.82) is 0 Å². The fourth-order valence-electron chi connectivity index (χ4n) is 6.66. The molecule has 0 aliphatic carbocycles. The van der Waals surface area contributed by atoms with Crippen LogP contribution in [0.2, 0.25) is 0 Å². The average Bonchev–Trinajstić information content (AvgIpc) is 3.34. The second kappa shape index (κ2) is 56.8. The first-order valence-electron chi connectivity index (χ1n) is 27.0. The Labute approximate surface area is 418 Å². The van der Waals surface area contributed by atoms with Crippen LogP contribution in [0.1, 0.15) is 201 Å². The Kier molecular flexibility index (Phi) is 53.1. The third-order valence-electron chi connectivity index (χ3n) is 10.6. The van der Waals surface area contributed by atoms with Gasteiger partial charge in [-0.3, -0.25) is 9.59 Å². The minimum atomic E-state index is -0.601. The van der Waals surface area contributed by atoms with Gasteiger partial charge in [0.05, 0.1) is 6.61 Å². The van der Waals surface area contributed by atoms with Gasteiger partial charge in [-0.15, -0.1) is 0 Å². The lowest BCUT2D eigenvalue weighted by atomic mass is 10.1. The van der Waals surface area contributed by atoms with E-state index in [2.05, 4.69) is 173 Å². The highest BCUT2D eigenvalue weighted by Gasteiger charge is 2.17. The third-order valence-corrected chi connectivity index (χ3v) is 10.6. The van der Waals surface area contributed by atoms with Crippen molar-refractivity contribution in [2.24, 2.45) is 0 Å². The van der Waals surface area contributed by atoms with Crippen molar-refractivity contribution >= 4 is 11.9 Å². The van der Waals surface area contributed by atoms with E-state index >= 15 is 0 Å². The standard InChI is InChI=1S/C63H98O5/c1-4-7-10-13-16-19-22-25-27-29-31-33-35-37-40-43-46-49-52-55-58-66-59-61(68-63(65)57-54-51-48-45-42-38-24-21-18-15-12-9-6-3)60-67-62(64)56-53-50-47-44-41-39-36-34-32-30-28-26-23-20-17-14-11-8-5-2/h7-12,16-21,25-28,31-34,38-39,41-42,47,50,61H,4-6,13-15,22-24,29-30,35-37,40,43-46,48-49,51-60H2,1-3H3/b10-7-,11-8-,12-9-,19-16-,20-17-,21-18-,27-25-,28-26-,33-31-,34-32-,41-39-,42-38-,50-47-. The molecule has 5 nitrogen and oxygen atoms in total. The molecule has 0 radical (unpaired) electrons. The SMILES string of the molecule is CC/C=C\C/C=C\C/C=C\C/C=C\C/C=C\C/C=C\CCC(=O)OCC(COCCCCCCCCC/C=C\C/C=C\C/C=C\C/C=C\CC)OC(=O)CCCCC/C=C\C/C=C\C/C=C\CC. The molecule has 0 saturated carbocycles. The van der Waals surface area contributed by atoms with Crippen LogP contribution in [0.3, 0.4) is 0 Å². The molecule has 380 valence electrons. The first-order chi connectivity index (χ1) is 33.6. The van der Waals surface area contributed by atoms with E-state index in [9.17, 15) is 9.59 Å². The molecule has 0 aromatic rings. The van der Waals surface area contributed by atoms with Crippen molar-refractivity contribution in [2.45, 2.75) is 207 Å². The Morgan fingerprint density at radius 2 is 0.647 bits per heavy atom. The molecule has 0 heterocycles. The van der Waals surface area contributed by atoms with Gasteiger partial charge in [-0.05, 0) is 128 Å². The molecule has 0 saturated heterocycles. The molecule has 5 heteroatoms. The molecule has 0 N–H and O–H groups in total. The van der Waals surface area contributed by atoms with E-state index in [0.29, 0.717) is 19.4 Å². The molecule has 0 spiro atoms. The quantitative estimate of drug-likeness (QED) is 0.0346. The minimum Gasteiger partial charge on any atom is -0.462 e. The first-order valence-corrected chi connectivity index (χ1v) is 27.0. The Bertz CT molecular complexity index is 1520. The molecule has 0 aliphatic rings. The summed E-state index contributed by atoms with van der Waals surface area (Å²) in [7, 11) is 0. The summed E-state index contributed by atoms with van der Waals surface area (Å²) >= 11 is 0. The highest BCUT2D eigenvalue weighted by molar-refractivity contribution is 5.70. The molecule has 0 fully saturated rings. The molecule has 0 rings (SSSR count). The molecule has 0 aliphatic heterocycles. The molecular weight excluding hydrogens is 837 g/mol. The fraction of sp³-hybridized carbons (Fsp3) is 0.556. The molecule has 1 atom stereocenters. The highest BCUT2D eigenvalue weighted by Crippen LogP contribution is 2.11. The monoisotopic (exact) mass is 935 g/mol. The lowest BCUT2D eigenvalue weighted by Crippen LogP contribution is -2.30. The Morgan fingerprint density at radius 1 is 0.324 bits per heavy atom. The molecule has 0 aromatic heterocycles. The smallest absolute Gasteiger partial charge is 0.306 e. The zero-order valence-electron chi connectivity index (χ0n) is 43.6. The van der Waals surface area contributed by atoms with E-state index in [1.165, 1.54) is 32.1 Å². The largest absolute Gasteiger partial charge is 0.462 e. The predicted molar refractivity (Wildman–Crippen MR) is 297 cm³/mol. The van der Waals surface area contributed by atoms with Crippen LogP contribution in [-0.4, -0.2) is 37.9 Å². The maximum absolute atomic E-state index is 12.8. The van der Waals surface area contributed by atoms with Crippen molar-refractivity contribution in [3.63, 3.8) is 0 Å². The molecule has 1 unspecified atom stereocenters. The summed E-state index contributed by atoms with van der Waals surface area (Å²) in [5, 5.41) is 0. The fourth-order valence-corrected chi connectivity index (χ4v) is 6.66. The normalized spacial score (nSPS) is 13.5. The van der Waals surface area contributed by atoms with Gasteiger partial charge in [-0.25, -0.2) is 0 Å². The Morgan fingerprint density at radius 3 is 1.04 bits per heavy atom. The van der Waals surface area contributed by atoms with Gasteiger partial charge in [0.2, 0.25) is 0 Å². The van der Waals surface area contributed by atoms with Gasteiger partial charge >= 0.3 is 11.9 Å². The number of hydrogen-bond donors (Lipinski definition) is 0. The summed E-state index contributed by atoms with van der Waals surface area (Å²) in [6.07, 6.45) is 84.2. The van der Waals surface area contributed by atoms with Crippen molar-refractivity contribution < 1.29 is 23.8 Å². The summed E-state index contributed by atoms with van der Waals surface area (Å²) in [6.45, 7) is 7.32. The van der Waals surface area contributed by atoms with Gasteiger partial charge in [0, 0.05) is 19.4 Å². The van der Waals surface area contributed by atoms with E-state index in [-0.39, 0.29) is 31.6 Å². The van der Waals surface area contributed by atoms with Crippen LogP contribution in [-0.2, 0) is 23.8 Å².